The highest BCUT2D eigenvalue weighted by atomic mass is 16.7. The van der Waals surface area contributed by atoms with E-state index in [9.17, 15) is 4.79 Å². The topological polar surface area (TPSA) is 98.5 Å². The molecule has 2 N–H and O–H groups in total. The molecule has 1 unspecified atom stereocenters. The SMILES string of the molecule is CC/C(=C\C(OC)=C(/COC)OC)[C@H]1CC(COC=O)[C@@](N)(CC(C)C)c2cc3c(cc21)OCO3. The van der Waals surface area contributed by atoms with Gasteiger partial charge in [0.25, 0.3) is 6.47 Å². The first-order chi connectivity index (χ1) is 16.8. The Morgan fingerprint density at radius 2 is 1.91 bits per heavy atom. The molecule has 1 aliphatic carbocycles. The van der Waals surface area contributed by atoms with Crippen LogP contribution in [0.15, 0.2) is 35.3 Å². The van der Waals surface area contributed by atoms with E-state index in [1.54, 1.807) is 21.3 Å². The molecule has 8 nitrogen and oxygen atoms in total. The Balaban J connectivity index is 2.20. The third-order valence-corrected chi connectivity index (χ3v) is 6.97. The van der Waals surface area contributed by atoms with E-state index in [2.05, 4.69) is 26.8 Å². The van der Waals surface area contributed by atoms with Gasteiger partial charge in [-0.15, -0.1) is 0 Å². The van der Waals surface area contributed by atoms with Crippen molar-refractivity contribution in [1.82, 2.24) is 0 Å². The average molecular weight is 490 g/mol. The highest BCUT2D eigenvalue weighted by molar-refractivity contribution is 5.55. The van der Waals surface area contributed by atoms with Gasteiger partial charge in [-0.2, -0.15) is 0 Å². The second-order valence-electron chi connectivity index (χ2n) is 9.55. The lowest BCUT2D eigenvalue weighted by Crippen LogP contribution is -2.51. The third-order valence-electron chi connectivity index (χ3n) is 6.97. The number of carbonyl (C=O) groups is 1. The molecule has 0 saturated heterocycles. The zero-order valence-corrected chi connectivity index (χ0v) is 21.7. The van der Waals surface area contributed by atoms with Gasteiger partial charge in [-0.25, -0.2) is 0 Å². The van der Waals surface area contributed by atoms with Gasteiger partial charge in [0.1, 0.15) is 6.61 Å². The smallest absolute Gasteiger partial charge is 0.293 e. The van der Waals surface area contributed by atoms with E-state index in [1.165, 1.54) is 0 Å². The molecule has 1 aromatic carbocycles. The lowest BCUT2D eigenvalue weighted by molar-refractivity contribution is -0.131. The van der Waals surface area contributed by atoms with E-state index in [4.69, 9.17) is 34.2 Å². The van der Waals surface area contributed by atoms with Gasteiger partial charge in [-0.3, -0.25) is 4.79 Å². The van der Waals surface area contributed by atoms with Gasteiger partial charge in [0.15, 0.2) is 23.0 Å². The molecule has 1 aromatic rings. The molecule has 0 aromatic heterocycles. The minimum absolute atomic E-state index is 0.0133. The molecular weight excluding hydrogens is 450 g/mol. The molecule has 194 valence electrons. The fourth-order valence-corrected chi connectivity index (χ4v) is 5.40. The fourth-order valence-electron chi connectivity index (χ4n) is 5.40. The van der Waals surface area contributed by atoms with Crippen LogP contribution in [0.2, 0.25) is 0 Å². The van der Waals surface area contributed by atoms with Crippen LogP contribution in [-0.2, 0) is 29.3 Å². The number of methoxy groups -OCH3 is 3. The van der Waals surface area contributed by atoms with Crippen molar-refractivity contribution < 1.29 is 33.2 Å². The molecule has 8 heteroatoms. The Labute approximate surface area is 208 Å². The summed E-state index contributed by atoms with van der Waals surface area (Å²) in [4.78, 5) is 11.1. The molecule has 0 fully saturated rings. The Morgan fingerprint density at radius 3 is 2.49 bits per heavy atom. The summed E-state index contributed by atoms with van der Waals surface area (Å²) in [5.41, 5.74) is 9.79. The normalized spacial score (nSPS) is 24.1. The molecule has 1 heterocycles. The van der Waals surface area contributed by atoms with E-state index < -0.39 is 5.54 Å². The number of benzene rings is 1. The molecule has 2 aliphatic rings. The first-order valence-electron chi connectivity index (χ1n) is 12.1. The minimum Gasteiger partial charge on any atom is -0.495 e. The molecule has 3 rings (SSSR count). The predicted octanol–water partition coefficient (Wildman–Crippen LogP) is 4.38. The number of hydrogen-bond acceptors (Lipinski definition) is 8. The van der Waals surface area contributed by atoms with Crippen molar-refractivity contribution in [3.8, 4) is 11.5 Å². The first kappa shape index (κ1) is 26.9. The summed E-state index contributed by atoms with van der Waals surface area (Å²) in [6.07, 6.45) is 4.27. The van der Waals surface area contributed by atoms with Gasteiger partial charge in [0.2, 0.25) is 6.79 Å². The van der Waals surface area contributed by atoms with Crippen LogP contribution < -0.4 is 15.2 Å². The maximum atomic E-state index is 11.1. The van der Waals surface area contributed by atoms with Crippen LogP contribution >= 0.6 is 0 Å². The fraction of sp³-hybridized carbons (Fsp3) is 0.593. The van der Waals surface area contributed by atoms with Crippen LogP contribution in [0.3, 0.4) is 0 Å². The second kappa shape index (κ2) is 11.8. The first-order valence-corrected chi connectivity index (χ1v) is 12.1. The molecule has 0 bridgehead atoms. The van der Waals surface area contributed by atoms with Crippen molar-refractivity contribution in [1.29, 1.82) is 0 Å². The summed E-state index contributed by atoms with van der Waals surface area (Å²) in [5.74, 6) is 2.91. The van der Waals surface area contributed by atoms with Crippen molar-refractivity contribution in [3.05, 3.63) is 46.4 Å². The van der Waals surface area contributed by atoms with Crippen molar-refractivity contribution in [2.75, 3.05) is 41.3 Å². The van der Waals surface area contributed by atoms with E-state index in [1.807, 2.05) is 12.1 Å². The van der Waals surface area contributed by atoms with Crippen LogP contribution in [0.25, 0.3) is 0 Å². The summed E-state index contributed by atoms with van der Waals surface area (Å²) in [7, 11) is 4.84. The number of allylic oxidation sites excluding steroid dienone is 2. The number of nitrogens with two attached hydrogens (primary N) is 1. The molecule has 0 amide bonds. The highest BCUT2D eigenvalue weighted by Crippen LogP contribution is 2.53. The minimum atomic E-state index is -0.684. The number of fused-ring (bicyclic) bond motifs is 2. The molecule has 0 radical (unpaired) electrons. The van der Waals surface area contributed by atoms with Gasteiger partial charge < -0.3 is 34.2 Å². The zero-order chi connectivity index (χ0) is 25.6. The number of rotatable bonds is 12. The van der Waals surface area contributed by atoms with Crippen LogP contribution in [0, 0.1) is 11.8 Å². The molecule has 1 aliphatic heterocycles. The van der Waals surface area contributed by atoms with Gasteiger partial charge in [-0.05, 0) is 54.5 Å². The number of ether oxygens (including phenoxy) is 6. The molecule has 0 spiro atoms. The van der Waals surface area contributed by atoms with Crippen molar-refractivity contribution in [2.24, 2.45) is 17.6 Å². The average Bonchev–Trinajstić information content (AvgIpc) is 3.30. The maximum absolute atomic E-state index is 11.1. The van der Waals surface area contributed by atoms with Gasteiger partial charge in [0, 0.05) is 24.5 Å². The highest BCUT2D eigenvalue weighted by Gasteiger charge is 2.46. The van der Waals surface area contributed by atoms with Crippen molar-refractivity contribution >= 4 is 6.47 Å². The standard InChI is InChI=1S/C27H39NO7/c1-7-18(8-23(31-5)26(32-6)14-30-4)20-9-19(13-33-15-29)27(28,12-17(2)3)22-11-25-24(10-21(20)22)34-16-35-25/h8,10-11,15,17,19-20H,7,9,12-14,16,28H2,1-6H3/b18-8+,26-23-/t19?,20-,27+/m1/s1. The Morgan fingerprint density at radius 1 is 1.20 bits per heavy atom. The van der Waals surface area contributed by atoms with Gasteiger partial charge in [0.05, 0.1) is 20.8 Å². The van der Waals surface area contributed by atoms with E-state index >= 15 is 0 Å². The maximum Gasteiger partial charge on any atom is 0.293 e. The lowest BCUT2D eigenvalue weighted by atomic mass is 9.61. The summed E-state index contributed by atoms with van der Waals surface area (Å²) in [5, 5.41) is 0. The molecule has 35 heavy (non-hydrogen) atoms. The summed E-state index contributed by atoms with van der Waals surface area (Å²) in [6.45, 7) is 7.64. The zero-order valence-electron chi connectivity index (χ0n) is 21.7. The second-order valence-corrected chi connectivity index (χ2v) is 9.55. The van der Waals surface area contributed by atoms with Crippen LogP contribution in [0.4, 0.5) is 0 Å². The number of hydrogen-bond donors (Lipinski definition) is 1. The summed E-state index contributed by atoms with van der Waals surface area (Å²) < 4.78 is 33.2. The Kier molecular flexibility index (Phi) is 9.08. The Hall–Kier alpha value is -2.71. The van der Waals surface area contributed by atoms with Crippen LogP contribution in [-0.4, -0.2) is 47.8 Å². The Bertz CT molecular complexity index is 955. The lowest BCUT2D eigenvalue weighted by Gasteiger charge is -2.47. The summed E-state index contributed by atoms with van der Waals surface area (Å²) >= 11 is 0. The van der Waals surface area contributed by atoms with E-state index in [-0.39, 0.29) is 25.2 Å². The molecule has 0 saturated carbocycles. The van der Waals surface area contributed by atoms with Crippen molar-refractivity contribution in [3.63, 3.8) is 0 Å². The van der Waals surface area contributed by atoms with Gasteiger partial charge >= 0.3 is 0 Å². The van der Waals surface area contributed by atoms with Crippen LogP contribution in [0.1, 0.15) is 57.1 Å². The van der Waals surface area contributed by atoms with Gasteiger partial charge in [-0.1, -0.05) is 26.3 Å². The largest absolute Gasteiger partial charge is 0.495 e. The predicted molar refractivity (Wildman–Crippen MR) is 132 cm³/mol. The molecular formula is C27H39NO7. The number of carbonyl (C=O) groups excluding carboxylic acids is 1. The molecule has 3 atom stereocenters. The van der Waals surface area contributed by atoms with E-state index in [0.29, 0.717) is 42.7 Å². The van der Waals surface area contributed by atoms with Crippen molar-refractivity contribution in [2.45, 2.75) is 51.5 Å². The van der Waals surface area contributed by atoms with Crippen LogP contribution in [0.5, 0.6) is 11.5 Å². The quantitative estimate of drug-likeness (QED) is 0.262. The van der Waals surface area contributed by atoms with E-state index in [0.717, 1.165) is 35.3 Å². The third kappa shape index (κ3) is 5.59. The monoisotopic (exact) mass is 489 g/mol. The summed E-state index contributed by atoms with van der Waals surface area (Å²) in [6, 6.07) is 4.08.